The number of rotatable bonds is 3. The van der Waals surface area contributed by atoms with Gasteiger partial charge < -0.3 is 14.4 Å². The van der Waals surface area contributed by atoms with Crippen LogP contribution in [0.5, 0.6) is 0 Å². The summed E-state index contributed by atoms with van der Waals surface area (Å²) in [5.41, 5.74) is 0.314. The summed E-state index contributed by atoms with van der Waals surface area (Å²) in [6, 6.07) is 2.19. The van der Waals surface area contributed by atoms with Gasteiger partial charge in [-0.1, -0.05) is 11.6 Å². The maximum atomic E-state index is 12.7. The van der Waals surface area contributed by atoms with Crippen LogP contribution in [-0.4, -0.2) is 87.8 Å². The largest absolute Gasteiger partial charge is 0.444 e. The Labute approximate surface area is 203 Å². The number of ether oxygens (including phenoxy) is 2. The molecule has 0 saturated carbocycles. The SMILES string of the molecule is CC(C)(C)OC(=O)N1CCC2(CCN(C(c3cc4ncncc4s3)N3CCOC(Cl)C3)C2)C1. The van der Waals surface area contributed by atoms with Crippen molar-refractivity contribution >= 4 is 39.2 Å². The van der Waals surface area contributed by atoms with Crippen molar-refractivity contribution in [3.63, 3.8) is 0 Å². The standard InChI is InChI=1S/C23H32ClN5O3S/c1-22(2,3)32-21(30)29-7-5-23(14-29)4-6-28(13-23)20(27-8-9-31-19(24)12-27)17-10-16-18(33-17)11-25-15-26-16/h10-11,15,19-20H,4-9,12-14H2,1-3H3. The van der Waals surface area contributed by atoms with Gasteiger partial charge in [0.2, 0.25) is 0 Å². The van der Waals surface area contributed by atoms with Gasteiger partial charge in [-0.25, -0.2) is 14.8 Å². The minimum atomic E-state index is -0.474. The van der Waals surface area contributed by atoms with E-state index in [0.29, 0.717) is 13.2 Å². The molecular weight excluding hydrogens is 462 g/mol. The molecule has 180 valence electrons. The smallest absolute Gasteiger partial charge is 0.410 e. The first-order chi connectivity index (χ1) is 15.7. The number of likely N-dealkylation sites (tertiary alicyclic amines) is 2. The van der Waals surface area contributed by atoms with Crippen LogP contribution in [0.2, 0.25) is 0 Å². The van der Waals surface area contributed by atoms with Gasteiger partial charge in [0.1, 0.15) is 17.5 Å². The highest BCUT2D eigenvalue weighted by atomic mass is 35.5. The Morgan fingerprint density at radius 2 is 2.09 bits per heavy atom. The molecule has 0 radical (unpaired) electrons. The van der Waals surface area contributed by atoms with Crippen LogP contribution < -0.4 is 0 Å². The van der Waals surface area contributed by atoms with Gasteiger partial charge in [0, 0.05) is 55.8 Å². The second kappa shape index (κ2) is 8.92. The number of hydrogen-bond donors (Lipinski definition) is 0. The summed E-state index contributed by atoms with van der Waals surface area (Å²) in [6.07, 6.45) is 5.49. The fraction of sp³-hybridized carbons (Fsp3) is 0.696. The van der Waals surface area contributed by atoms with Gasteiger partial charge in [0.25, 0.3) is 0 Å². The molecule has 0 bridgehead atoms. The first-order valence-corrected chi connectivity index (χ1v) is 12.9. The van der Waals surface area contributed by atoms with Gasteiger partial charge in [-0.2, -0.15) is 0 Å². The molecule has 5 heterocycles. The Morgan fingerprint density at radius 3 is 2.85 bits per heavy atom. The van der Waals surface area contributed by atoms with Gasteiger partial charge in [0.15, 0.2) is 0 Å². The van der Waals surface area contributed by atoms with E-state index in [4.69, 9.17) is 21.1 Å². The zero-order valence-corrected chi connectivity index (χ0v) is 21.1. The third kappa shape index (κ3) is 4.98. The van der Waals surface area contributed by atoms with Gasteiger partial charge >= 0.3 is 6.09 Å². The lowest BCUT2D eigenvalue weighted by Gasteiger charge is -2.41. The molecule has 3 atom stereocenters. The predicted octanol–water partition coefficient (Wildman–Crippen LogP) is 3.92. The molecule has 3 aliphatic rings. The number of carbonyl (C=O) groups excluding carboxylic acids is 1. The number of alkyl halides is 1. The van der Waals surface area contributed by atoms with Crippen LogP contribution in [0.3, 0.4) is 0 Å². The zero-order chi connectivity index (χ0) is 23.2. The van der Waals surface area contributed by atoms with Crippen LogP contribution >= 0.6 is 22.9 Å². The number of carbonyl (C=O) groups is 1. The first kappa shape index (κ1) is 23.2. The van der Waals surface area contributed by atoms with Gasteiger partial charge in [0.05, 0.1) is 23.0 Å². The Bertz CT molecular complexity index is 980. The van der Waals surface area contributed by atoms with Gasteiger partial charge in [-0.3, -0.25) is 9.80 Å². The quantitative estimate of drug-likeness (QED) is 0.600. The molecule has 5 rings (SSSR count). The molecule has 2 aromatic rings. The summed E-state index contributed by atoms with van der Waals surface area (Å²) in [5, 5.41) is 0. The highest BCUT2D eigenvalue weighted by Crippen LogP contribution is 2.45. The summed E-state index contributed by atoms with van der Waals surface area (Å²) in [6.45, 7) is 11.3. The van der Waals surface area contributed by atoms with Crippen molar-refractivity contribution in [2.24, 2.45) is 5.41 Å². The van der Waals surface area contributed by atoms with Crippen molar-refractivity contribution < 1.29 is 14.3 Å². The molecule has 3 unspecified atom stereocenters. The van der Waals surface area contributed by atoms with Crippen molar-refractivity contribution in [1.82, 2.24) is 24.7 Å². The maximum Gasteiger partial charge on any atom is 0.410 e. The highest BCUT2D eigenvalue weighted by Gasteiger charge is 2.48. The molecular formula is C23H32ClN5O3S. The zero-order valence-electron chi connectivity index (χ0n) is 19.5. The molecule has 8 nitrogen and oxygen atoms in total. The summed E-state index contributed by atoms with van der Waals surface area (Å²) in [7, 11) is 0. The van der Waals surface area contributed by atoms with Crippen molar-refractivity contribution in [2.75, 3.05) is 45.9 Å². The van der Waals surface area contributed by atoms with Crippen LogP contribution in [0.15, 0.2) is 18.6 Å². The minimum absolute atomic E-state index is 0.109. The fourth-order valence-electron chi connectivity index (χ4n) is 5.30. The van der Waals surface area contributed by atoms with Crippen LogP contribution in [-0.2, 0) is 9.47 Å². The Hall–Kier alpha value is -1.52. The number of nitrogens with zero attached hydrogens (tertiary/aromatic N) is 5. The van der Waals surface area contributed by atoms with Crippen molar-refractivity contribution in [1.29, 1.82) is 0 Å². The Balaban J connectivity index is 1.36. The molecule has 2 aromatic heterocycles. The van der Waals surface area contributed by atoms with Crippen LogP contribution in [0.4, 0.5) is 4.79 Å². The van der Waals surface area contributed by atoms with Gasteiger partial charge in [-0.05, 0) is 39.7 Å². The van der Waals surface area contributed by atoms with Crippen LogP contribution in [0.1, 0.15) is 44.7 Å². The topological polar surface area (TPSA) is 71.0 Å². The van der Waals surface area contributed by atoms with E-state index in [-0.39, 0.29) is 23.2 Å². The normalized spacial score (nSPS) is 28.1. The summed E-state index contributed by atoms with van der Waals surface area (Å²) >= 11 is 8.15. The number of thiophene rings is 1. The number of halogens is 1. The molecule has 0 aromatic carbocycles. The van der Waals surface area contributed by atoms with E-state index in [1.165, 1.54) is 4.88 Å². The highest BCUT2D eigenvalue weighted by molar-refractivity contribution is 7.19. The van der Waals surface area contributed by atoms with Crippen LogP contribution in [0.25, 0.3) is 10.2 Å². The number of aromatic nitrogens is 2. The van der Waals surface area contributed by atoms with Gasteiger partial charge in [-0.15, -0.1) is 11.3 Å². The molecule has 10 heteroatoms. The second-order valence-corrected chi connectivity index (χ2v) is 12.0. The van der Waals surface area contributed by atoms with E-state index >= 15 is 0 Å². The summed E-state index contributed by atoms with van der Waals surface area (Å²) < 4.78 is 12.3. The fourth-order valence-corrected chi connectivity index (χ4v) is 6.72. The van der Waals surface area contributed by atoms with Crippen molar-refractivity contribution in [3.8, 4) is 0 Å². The molecule has 33 heavy (non-hydrogen) atoms. The number of morpholine rings is 1. The number of amides is 1. The van der Waals surface area contributed by atoms with E-state index in [1.807, 2.05) is 31.9 Å². The monoisotopic (exact) mass is 493 g/mol. The lowest BCUT2D eigenvalue weighted by Crippen LogP contribution is -2.48. The van der Waals surface area contributed by atoms with Crippen LogP contribution in [0, 0.1) is 5.41 Å². The molecule has 3 aliphatic heterocycles. The average molecular weight is 494 g/mol. The molecule has 0 aliphatic carbocycles. The summed E-state index contributed by atoms with van der Waals surface area (Å²) in [4.78, 5) is 29.5. The third-order valence-electron chi connectivity index (χ3n) is 6.77. The van der Waals surface area contributed by atoms with E-state index in [9.17, 15) is 4.79 Å². The average Bonchev–Trinajstić information content (AvgIpc) is 3.46. The van der Waals surface area contributed by atoms with E-state index < -0.39 is 5.60 Å². The maximum absolute atomic E-state index is 12.7. The molecule has 1 amide bonds. The predicted molar refractivity (Wildman–Crippen MR) is 128 cm³/mol. The van der Waals surface area contributed by atoms with Crippen molar-refractivity contribution in [2.45, 2.75) is 50.9 Å². The molecule has 1 spiro atoms. The third-order valence-corrected chi connectivity index (χ3v) is 8.14. The molecule has 3 fully saturated rings. The number of hydrogen-bond acceptors (Lipinski definition) is 8. The number of fused-ring (bicyclic) bond motifs is 1. The lowest BCUT2D eigenvalue weighted by atomic mass is 9.86. The van der Waals surface area contributed by atoms with Crippen molar-refractivity contribution in [3.05, 3.63) is 23.5 Å². The van der Waals surface area contributed by atoms with E-state index in [0.717, 1.165) is 55.8 Å². The molecule has 0 N–H and O–H groups in total. The minimum Gasteiger partial charge on any atom is -0.444 e. The first-order valence-electron chi connectivity index (χ1n) is 11.6. The lowest BCUT2D eigenvalue weighted by molar-refractivity contribution is -0.0446. The second-order valence-electron chi connectivity index (χ2n) is 10.4. The van der Waals surface area contributed by atoms with E-state index in [1.54, 1.807) is 17.7 Å². The van der Waals surface area contributed by atoms with E-state index in [2.05, 4.69) is 25.8 Å². The Morgan fingerprint density at radius 1 is 1.27 bits per heavy atom. The Kier molecular flexibility index (Phi) is 6.28. The molecule has 3 saturated heterocycles. The summed E-state index contributed by atoms with van der Waals surface area (Å²) in [5.74, 6) is 0.